The van der Waals surface area contributed by atoms with E-state index in [2.05, 4.69) is 41.1 Å². The number of rotatable bonds is 2. The number of carbonyl (C=O) groups excluding carboxylic acids is 1. The van der Waals surface area contributed by atoms with Crippen LogP contribution >= 0.6 is 11.6 Å². The molecule has 0 aliphatic carbocycles. The van der Waals surface area contributed by atoms with Crippen LogP contribution in [0.15, 0.2) is 42.6 Å². The van der Waals surface area contributed by atoms with E-state index in [-0.39, 0.29) is 5.91 Å². The number of fused-ring (bicyclic) bond motifs is 1. The van der Waals surface area contributed by atoms with Crippen molar-refractivity contribution in [2.45, 2.75) is 13.8 Å². The lowest BCUT2D eigenvalue weighted by Gasteiger charge is -2.36. The smallest absolute Gasteiger partial charge is 0.272 e. The van der Waals surface area contributed by atoms with Crippen molar-refractivity contribution in [2.24, 2.45) is 0 Å². The second-order valence-corrected chi connectivity index (χ2v) is 7.17. The first kappa shape index (κ1) is 16.9. The summed E-state index contributed by atoms with van der Waals surface area (Å²) in [4.78, 5) is 21.8. The monoisotopic (exact) mass is 368 g/mol. The van der Waals surface area contributed by atoms with Crippen molar-refractivity contribution in [1.82, 2.24) is 14.3 Å². The zero-order chi connectivity index (χ0) is 18.3. The van der Waals surface area contributed by atoms with Crippen LogP contribution in [0.25, 0.3) is 5.65 Å². The molecule has 0 saturated carbocycles. The summed E-state index contributed by atoms with van der Waals surface area (Å²) in [6.45, 7) is 7.04. The number of amides is 1. The van der Waals surface area contributed by atoms with Gasteiger partial charge in [-0.1, -0.05) is 23.7 Å². The minimum Gasteiger partial charge on any atom is -0.368 e. The zero-order valence-corrected chi connectivity index (χ0v) is 15.7. The third-order valence-electron chi connectivity index (χ3n) is 4.90. The van der Waals surface area contributed by atoms with Crippen LogP contribution in [0.3, 0.4) is 0 Å². The lowest BCUT2D eigenvalue weighted by molar-refractivity contribution is 0.0739. The number of imidazole rings is 1. The van der Waals surface area contributed by atoms with Gasteiger partial charge in [0.2, 0.25) is 0 Å². The van der Waals surface area contributed by atoms with Gasteiger partial charge in [0.1, 0.15) is 11.3 Å². The maximum absolute atomic E-state index is 13.1. The average molecular weight is 369 g/mol. The molecule has 0 bridgehead atoms. The molecule has 0 N–H and O–H groups in total. The number of nitrogens with zero attached hydrogens (tertiary/aromatic N) is 4. The maximum Gasteiger partial charge on any atom is 0.272 e. The van der Waals surface area contributed by atoms with Gasteiger partial charge in [-0.05, 0) is 37.6 Å². The number of carbonyl (C=O) groups is 1. The van der Waals surface area contributed by atoms with E-state index in [0.717, 1.165) is 18.8 Å². The average Bonchev–Trinajstić information content (AvgIpc) is 2.96. The summed E-state index contributed by atoms with van der Waals surface area (Å²) < 4.78 is 1.83. The molecular formula is C20H21ClN4O. The molecule has 134 valence electrons. The van der Waals surface area contributed by atoms with Gasteiger partial charge in [-0.3, -0.25) is 9.20 Å². The standard InChI is InChI=1S/C20H21ClN4O/c1-14-4-3-5-17(12-14)23-8-10-24(11-9-23)20(26)19-15(2)22-18-13-16(21)6-7-25(18)19/h3-7,12-13H,8-11H2,1-2H3. The molecule has 1 saturated heterocycles. The summed E-state index contributed by atoms with van der Waals surface area (Å²) >= 11 is 6.04. The minimum absolute atomic E-state index is 0.0289. The molecule has 0 radical (unpaired) electrons. The fraction of sp³-hybridized carbons (Fsp3) is 0.300. The zero-order valence-electron chi connectivity index (χ0n) is 14.9. The fourth-order valence-corrected chi connectivity index (χ4v) is 3.69. The summed E-state index contributed by atoms with van der Waals surface area (Å²) in [6, 6.07) is 12.1. The number of halogens is 1. The van der Waals surface area contributed by atoms with Crippen LogP contribution in [0.1, 0.15) is 21.7 Å². The third-order valence-corrected chi connectivity index (χ3v) is 5.13. The second-order valence-electron chi connectivity index (χ2n) is 6.74. The van der Waals surface area contributed by atoms with Crippen molar-refractivity contribution >= 4 is 28.8 Å². The Morgan fingerprint density at radius 2 is 1.85 bits per heavy atom. The van der Waals surface area contributed by atoms with Gasteiger partial charge in [-0.2, -0.15) is 0 Å². The van der Waals surface area contributed by atoms with Gasteiger partial charge >= 0.3 is 0 Å². The number of hydrogen-bond donors (Lipinski definition) is 0. The van der Waals surface area contributed by atoms with Crippen LogP contribution in [0.4, 0.5) is 5.69 Å². The van der Waals surface area contributed by atoms with E-state index in [1.54, 1.807) is 12.1 Å². The van der Waals surface area contributed by atoms with E-state index in [1.807, 2.05) is 22.4 Å². The highest BCUT2D eigenvalue weighted by atomic mass is 35.5. The molecule has 0 atom stereocenters. The first-order chi connectivity index (χ1) is 12.5. The van der Waals surface area contributed by atoms with Crippen molar-refractivity contribution in [2.75, 3.05) is 31.1 Å². The van der Waals surface area contributed by atoms with Gasteiger partial charge < -0.3 is 9.80 Å². The van der Waals surface area contributed by atoms with Crippen LogP contribution in [-0.2, 0) is 0 Å². The van der Waals surface area contributed by atoms with E-state index in [1.165, 1.54) is 11.3 Å². The highest BCUT2D eigenvalue weighted by Gasteiger charge is 2.26. The Morgan fingerprint density at radius 1 is 1.08 bits per heavy atom. The van der Waals surface area contributed by atoms with Gasteiger partial charge in [0.25, 0.3) is 5.91 Å². The Kier molecular flexibility index (Phi) is 4.32. The Hall–Kier alpha value is -2.53. The number of aryl methyl sites for hydroxylation is 2. The van der Waals surface area contributed by atoms with Crippen LogP contribution in [0.5, 0.6) is 0 Å². The van der Waals surface area contributed by atoms with Crippen LogP contribution < -0.4 is 4.90 Å². The highest BCUT2D eigenvalue weighted by Crippen LogP contribution is 2.21. The van der Waals surface area contributed by atoms with Crippen LogP contribution in [0, 0.1) is 13.8 Å². The highest BCUT2D eigenvalue weighted by molar-refractivity contribution is 6.30. The number of anilines is 1. The topological polar surface area (TPSA) is 40.8 Å². The SMILES string of the molecule is Cc1cccc(N2CCN(C(=O)c3c(C)nc4cc(Cl)ccn34)CC2)c1. The molecule has 1 aromatic carbocycles. The number of aromatic nitrogens is 2. The first-order valence-electron chi connectivity index (χ1n) is 8.78. The largest absolute Gasteiger partial charge is 0.368 e. The fourth-order valence-electron chi connectivity index (χ4n) is 3.54. The molecule has 0 spiro atoms. The molecule has 5 nitrogen and oxygen atoms in total. The molecular weight excluding hydrogens is 348 g/mol. The molecule has 2 aromatic heterocycles. The van der Waals surface area contributed by atoms with E-state index in [0.29, 0.717) is 29.5 Å². The Labute approximate surface area is 157 Å². The maximum atomic E-state index is 13.1. The van der Waals surface area contributed by atoms with E-state index >= 15 is 0 Å². The van der Waals surface area contributed by atoms with Gasteiger partial charge in [0, 0.05) is 49.2 Å². The Balaban J connectivity index is 1.53. The van der Waals surface area contributed by atoms with Crippen LogP contribution in [-0.4, -0.2) is 46.4 Å². The van der Waals surface area contributed by atoms with E-state index in [9.17, 15) is 4.79 Å². The number of pyridine rings is 1. The molecule has 6 heteroatoms. The normalized spacial score (nSPS) is 14.9. The van der Waals surface area contributed by atoms with Crippen LogP contribution in [0.2, 0.25) is 5.02 Å². The predicted octanol–water partition coefficient (Wildman–Crippen LogP) is 3.57. The van der Waals surface area contributed by atoms with E-state index in [4.69, 9.17) is 11.6 Å². The molecule has 3 aromatic rings. The second kappa shape index (κ2) is 6.65. The van der Waals surface area contributed by atoms with Crippen molar-refractivity contribution in [3.8, 4) is 0 Å². The lowest BCUT2D eigenvalue weighted by Crippen LogP contribution is -2.49. The number of piperazine rings is 1. The van der Waals surface area contributed by atoms with Gasteiger partial charge in [0.05, 0.1) is 5.69 Å². The van der Waals surface area contributed by atoms with Gasteiger partial charge in [0.15, 0.2) is 0 Å². The summed E-state index contributed by atoms with van der Waals surface area (Å²) in [6.07, 6.45) is 1.81. The Bertz CT molecular complexity index is 973. The molecule has 1 amide bonds. The summed E-state index contributed by atoms with van der Waals surface area (Å²) in [7, 11) is 0. The first-order valence-corrected chi connectivity index (χ1v) is 9.16. The molecule has 1 fully saturated rings. The van der Waals surface area contributed by atoms with Crippen molar-refractivity contribution < 1.29 is 4.79 Å². The molecule has 3 heterocycles. The van der Waals surface area contributed by atoms with E-state index < -0.39 is 0 Å². The Morgan fingerprint density at radius 3 is 2.58 bits per heavy atom. The molecule has 1 aliphatic heterocycles. The number of hydrogen-bond acceptors (Lipinski definition) is 3. The summed E-state index contributed by atoms with van der Waals surface area (Å²) in [5.41, 5.74) is 4.54. The van der Waals surface area contributed by atoms with Gasteiger partial charge in [-0.15, -0.1) is 0 Å². The summed E-state index contributed by atoms with van der Waals surface area (Å²) in [5.74, 6) is 0.0289. The minimum atomic E-state index is 0.0289. The molecule has 1 aliphatic rings. The summed E-state index contributed by atoms with van der Waals surface area (Å²) in [5, 5.41) is 0.619. The molecule has 4 rings (SSSR count). The lowest BCUT2D eigenvalue weighted by atomic mass is 10.2. The quantitative estimate of drug-likeness (QED) is 0.694. The number of benzene rings is 1. The van der Waals surface area contributed by atoms with Crippen molar-refractivity contribution in [1.29, 1.82) is 0 Å². The third kappa shape index (κ3) is 3.03. The van der Waals surface area contributed by atoms with Crippen molar-refractivity contribution in [3.63, 3.8) is 0 Å². The molecule has 26 heavy (non-hydrogen) atoms. The predicted molar refractivity (Wildman–Crippen MR) is 104 cm³/mol. The van der Waals surface area contributed by atoms with Gasteiger partial charge in [-0.25, -0.2) is 4.98 Å². The van der Waals surface area contributed by atoms with Crippen molar-refractivity contribution in [3.05, 3.63) is 64.6 Å². The molecule has 0 unspecified atom stereocenters.